The number of nitrogens with one attached hydrogen (secondary N) is 2. The second-order valence-corrected chi connectivity index (χ2v) is 7.36. The van der Waals surface area contributed by atoms with Crippen molar-refractivity contribution in [3.8, 4) is 12.3 Å². The van der Waals surface area contributed by atoms with Crippen molar-refractivity contribution in [2.75, 3.05) is 44.2 Å². The molecule has 0 amide bonds. The Bertz CT molecular complexity index is 396. The van der Waals surface area contributed by atoms with E-state index in [4.69, 9.17) is 11.4 Å². The zero-order valence-electron chi connectivity index (χ0n) is 14.3. The summed E-state index contributed by atoms with van der Waals surface area (Å²) in [6.07, 6.45) is 12.0. The number of halogens is 1. The van der Waals surface area contributed by atoms with Crippen molar-refractivity contribution < 1.29 is 0 Å². The van der Waals surface area contributed by atoms with Crippen LogP contribution in [0.5, 0.6) is 0 Å². The van der Waals surface area contributed by atoms with Gasteiger partial charge in [-0.3, -0.25) is 9.89 Å². The summed E-state index contributed by atoms with van der Waals surface area (Å²) in [5.74, 6) is 6.01. The predicted molar refractivity (Wildman–Crippen MR) is 113 cm³/mol. The third kappa shape index (κ3) is 6.35. The number of nitrogens with zero attached hydrogens (tertiary/aromatic N) is 2. The zero-order chi connectivity index (χ0) is 15.7. The molecule has 2 aliphatic rings. The molecule has 6 heteroatoms. The van der Waals surface area contributed by atoms with Crippen molar-refractivity contribution in [2.45, 2.75) is 44.6 Å². The third-order valence-corrected chi connectivity index (χ3v) is 5.64. The highest BCUT2D eigenvalue weighted by Gasteiger charge is 2.38. The molecule has 132 valence electrons. The number of aliphatic imine (C=N–C) groups is 1. The predicted octanol–water partition coefficient (Wildman–Crippen LogP) is 2.54. The van der Waals surface area contributed by atoms with E-state index in [0.717, 1.165) is 19.0 Å². The van der Waals surface area contributed by atoms with Crippen molar-refractivity contribution >= 4 is 41.7 Å². The zero-order valence-corrected chi connectivity index (χ0v) is 17.4. The Morgan fingerprint density at radius 3 is 2.52 bits per heavy atom. The molecule has 4 nitrogen and oxygen atoms in total. The van der Waals surface area contributed by atoms with Crippen LogP contribution in [-0.2, 0) is 0 Å². The smallest absolute Gasteiger partial charge is 0.192 e. The summed E-state index contributed by atoms with van der Waals surface area (Å²) in [6.45, 7) is 6.80. The molecule has 1 aliphatic heterocycles. The van der Waals surface area contributed by atoms with Crippen molar-refractivity contribution in [3.05, 3.63) is 0 Å². The lowest BCUT2D eigenvalue weighted by Gasteiger charge is -2.47. The molecule has 0 aromatic carbocycles. The van der Waals surface area contributed by atoms with E-state index < -0.39 is 0 Å². The van der Waals surface area contributed by atoms with Gasteiger partial charge < -0.3 is 10.6 Å². The van der Waals surface area contributed by atoms with Crippen LogP contribution in [0, 0.1) is 12.3 Å². The minimum atomic E-state index is 0. The standard InChI is InChI=1S/C17H30N4S.HI/c1-3-10-19-16(18-4-2)20-15-17(8-6-5-7-9-17)21-11-13-22-14-12-21;/h1H,4-15H2,2H3,(H2,18,19,20);1H. The molecule has 1 heterocycles. The fraction of sp³-hybridized carbons (Fsp3) is 0.824. The van der Waals surface area contributed by atoms with Gasteiger partial charge >= 0.3 is 0 Å². The van der Waals surface area contributed by atoms with Crippen molar-refractivity contribution in [2.24, 2.45) is 4.99 Å². The summed E-state index contributed by atoms with van der Waals surface area (Å²) < 4.78 is 0. The first-order valence-corrected chi connectivity index (χ1v) is 9.75. The summed E-state index contributed by atoms with van der Waals surface area (Å²) in [6, 6.07) is 0. The highest BCUT2D eigenvalue weighted by molar-refractivity contribution is 14.0. The van der Waals surface area contributed by atoms with Gasteiger partial charge in [-0.1, -0.05) is 25.2 Å². The molecule has 0 spiro atoms. The lowest BCUT2D eigenvalue weighted by molar-refractivity contribution is 0.0672. The molecule has 1 aliphatic carbocycles. The van der Waals surface area contributed by atoms with Gasteiger partial charge in [0.2, 0.25) is 0 Å². The number of rotatable bonds is 5. The van der Waals surface area contributed by atoms with E-state index >= 15 is 0 Å². The Labute approximate surface area is 163 Å². The van der Waals surface area contributed by atoms with Gasteiger partial charge in [0.25, 0.3) is 0 Å². The fourth-order valence-corrected chi connectivity index (χ4v) is 4.43. The molecule has 0 aromatic heterocycles. The number of thioether (sulfide) groups is 1. The van der Waals surface area contributed by atoms with E-state index in [2.05, 4.69) is 40.1 Å². The molecule has 0 bridgehead atoms. The lowest BCUT2D eigenvalue weighted by atomic mass is 9.80. The minimum Gasteiger partial charge on any atom is -0.357 e. The number of terminal acetylenes is 1. The van der Waals surface area contributed by atoms with E-state index in [1.54, 1.807) is 0 Å². The number of hydrogen-bond donors (Lipinski definition) is 2. The van der Waals surface area contributed by atoms with E-state index in [1.807, 2.05) is 0 Å². The van der Waals surface area contributed by atoms with Crippen LogP contribution in [0.2, 0.25) is 0 Å². The second kappa shape index (κ2) is 11.4. The van der Waals surface area contributed by atoms with Gasteiger partial charge in [-0.25, -0.2) is 0 Å². The van der Waals surface area contributed by atoms with Gasteiger partial charge in [0.05, 0.1) is 13.1 Å². The quantitative estimate of drug-likeness (QED) is 0.292. The van der Waals surface area contributed by atoms with Crippen LogP contribution in [0.25, 0.3) is 0 Å². The Morgan fingerprint density at radius 1 is 1.22 bits per heavy atom. The Balaban J connectivity index is 0.00000264. The lowest BCUT2D eigenvalue weighted by Crippen LogP contribution is -2.55. The highest BCUT2D eigenvalue weighted by atomic mass is 127. The molecule has 2 N–H and O–H groups in total. The fourth-order valence-electron chi connectivity index (χ4n) is 3.52. The van der Waals surface area contributed by atoms with Crippen LogP contribution in [0.1, 0.15) is 39.0 Å². The molecule has 23 heavy (non-hydrogen) atoms. The Hall–Kier alpha value is -0.130. The topological polar surface area (TPSA) is 39.7 Å². The van der Waals surface area contributed by atoms with E-state index in [1.165, 1.54) is 56.7 Å². The van der Waals surface area contributed by atoms with Gasteiger partial charge in [0.15, 0.2) is 5.96 Å². The molecule has 0 atom stereocenters. The first kappa shape index (κ1) is 20.9. The van der Waals surface area contributed by atoms with E-state index in [-0.39, 0.29) is 29.5 Å². The maximum absolute atomic E-state index is 5.35. The van der Waals surface area contributed by atoms with Crippen LogP contribution >= 0.6 is 35.7 Å². The molecule has 2 fully saturated rings. The number of hydrogen-bond acceptors (Lipinski definition) is 3. The second-order valence-electron chi connectivity index (χ2n) is 6.14. The van der Waals surface area contributed by atoms with Crippen LogP contribution < -0.4 is 10.6 Å². The molecule has 0 radical (unpaired) electrons. The van der Waals surface area contributed by atoms with Crippen molar-refractivity contribution in [1.29, 1.82) is 0 Å². The molecule has 1 saturated heterocycles. The number of guanidine groups is 1. The normalized spacial score (nSPS) is 21.8. The first-order chi connectivity index (χ1) is 10.8. The first-order valence-electron chi connectivity index (χ1n) is 8.59. The van der Waals surface area contributed by atoms with Gasteiger partial charge in [-0.2, -0.15) is 11.8 Å². The summed E-state index contributed by atoms with van der Waals surface area (Å²) >= 11 is 2.08. The molecule has 0 aromatic rings. The van der Waals surface area contributed by atoms with E-state index in [0.29, 0.717) is 6.54 Å². The summed E-state index contributed by atoms with van der Waals surface area (Å²) in [4.78, 5) is 7.59. The van der Waals surface area contributed by atoms with E-state index in [9.17, 15) is 0 Å². The maximum Gasteiger partial charge on any atom is 0.192 e. The Morgan fingerprint density at radius 2 is 1.91 bits per heavy atom. The summed E-state index contributed by atoms with van der Waals surface area (Å²) in [5, 5.41) is 6.51. The highest BCUT2D eigenvalue weighted by Crippen LogP contribution is 2.35. The molecule has 2 rings (SSSR count). The monoisotopic (exact) mass is 450 g/mol. The average molecular weight is 450 g/mol. The molecule has 0 unspecified atom stereocenters. The van der Waals surface area contributed by atoms with Gasteiger partial charge in [-0.05, 0) is 19.8 Å². The van der Waals surface area contributed by atoms with Crippen LogP contribution in [0.3, 0.4) is 0 Å². The largest absolute Gasteiger partial charge is 0.357 e. The van der Waals surface area contributed by atoms with Gasteiger partial charge in [0, 0.05) is 36.7 Å². The Kier molecular flexibility index (Phi) is 10.4. The van der Waals surface area contributed by atoms with Crippen LogP contribution in [0.15, 0.2) is 4.99 Å². The van der Waals surface area contributed by atoms with Gasteiger partial charge in [-0.15, -0.1) is 30.4 Å². The van der Waals surface area contributed by atoms with Crippen LogP contribution in [0.4, 0.5) is 0 Å². The van der Waals surface area contributed by atoms with Gasteiger partial charge in [0.1, 0.15) is 0 Å². The summed E-state index contributed by atoms with van der Waals surface area (Å²) in [7, 11) is 0. The summed E-state index contributed by atoms with van der Waals surface area (Å²) in [5.41, 5.74) is 0.276. The molecular formula is C17H31IN4S. The molecule has 1 saturated carbocycles. The van der Waals surface area contributed by atoms with Crippen molar-refractivity contribution in [3.63, 3.8) is 0 Å². The molecular weight excluding hydrogens is 419 g/mol. The minimum absolute atomic E-state index is 0. The maximum atomic E-state index is 5.35. The van der Waals surface area contributed by atoms with Crippen LogP contribution in [-0.4, -0.2) is 60.6 Å². The average Bonchev–Trinajstić information content (AvgIpc) is 2.59. The van der Waals surface area contributed by atoms with Crippen molar-refractivity contribution in [1.82, 2.24) is 15.5 Å². The SMILES string of the molecule is C#CCNC(=NCC1(N2CCSCC2)CCCCC1)NCC.I. The third-order valence-electron chi connectivity index (χ3n) is 4.70.